The number of halogens is 2. The first-order chi connectivity index (χ1) is 7.25. The molecule has 0 amide bonds. The van der Waals surface area contributed by atoms with Crippen molar-refractivity contribution in [2.45, 2.75) is 6.42 Å². The van der Waals surface area contributed by atoms with Crippen molar-refractivity contribution in [1.29, 1.82) is 0 Å². The molecular formula is C10H6Cl2N2O. The van der Waals surface area contributed by atoms with Crippen LogP contribution in [0.5, 0.6) is 5.75 Å². The van der Waals surface area contributed by atoms with Gasteiger partial charge in [0.05, 0.1) is 12.1 Å². The van der Waals surface area contributed by atoms with Gasteiger partial charge in [0.1, 0.15) is 10.9 Å². The van der Waals surface area contributed by atoms with Gasteiger partial charge in [-0.2, -0.15) is 0 Å². The molecule has 0 atom stereocenters. The molecule has 0 fully saturated rings. The second kappa shape index (κ2) is 3.22. The summed E-state index contributed by atoms with van der Waals surface area (Å²) in [5.74, 6) is 0.869. The van der Waals surface area contributed by atoms with E-state index in [9.17, 15) is 0 Å². The minimum Gasteiger partial charge on any atom is -0.493 e. The molecule has 0 saturated heterocycles. The van der Waals surface area contributed by atoms with Gasteiger partial charge in [0.15, 0.2) is 0 Å². The number of benzene rings is 1. The summed E-state index contributed by atoms with van der Waals surface area (Å²) in [5.41, 5.74) is 1.87. The monoisotopic (exact) mass is 240 g/mol. The van der Waals surface area contributed by atoms with Crippen LogP contribution in [0.25, 0.3) is 10.9 Å². The van der Waals surface area contributed by atoms with Crippen molar-refractivity contribution in [2.24, 2.45) is 0 Å². The van der Waals surface area contributed by atoms with E-state index >= 15 is 0 Å². The molecule has 0 spiro atoms. The van der Waals surface area contributed by atoms with Crippen LogP contribution < -0.4 is 4.74 Å². The van der Waals surface area contributed by atoms with Crippen LogP contribution in [0.4, 0.5) is 0 Å². The molecule has 0 saturated carbocycles. The fourth-order valence-electron chi connectivity index (χ4n) is 1.81. The molecule has 0 bridgehead atoms. The molecular weight excluding hydrogens is 235 g/mol. The van der Waals surface area contributed by atoms with Gasteiger partial charge in [0.2, 0.25) is 5.28 Å². The van der Waals surface area contributed by atoms with Gasteiger partial charge in [-0.25, -0.2) is 9.97 Å². The zero-order chi connectivity index (χ0) is 10.4. The molecule has 15 heavy (non-hydrogen) atoms. The standard InChI is InChI=1S/C10H6Cl2N2O/c11-9-6-1-2-7-5(3-4-15-7)8(6)13-10(12)14-9/h1-2H,3-4H2. The average molecular weight is 241 g/mol. The summed E-state index contributed by atoms with van der Waals surface area (Å²) in [6, 6.07) is 3.76. The quantitative estimate of drug-likeness (QED) is 0.525. The topological polar surface area (TPSA) is 35.0 Å². The lowest BCUT2D eigenvalue weighted by Crippen LogP contribution is -1.90. The smallest absolute Gasteiger partial charge is 0.224 e. The van der Waals surface area contributed by atoms with Crippen molar-refractivity contribution in [1.82, 2.24) is 9.97 Å². The molecule has 76 valence electrons. The molecule has 1 aliphatic heterocycles. The van der Waals surface area contributed by atoms with Crippen LogP contribution in [0, 0.1) is 0 Å². The zero-order valence-corrected chi connectivity index (χ0v) is 9.14. The van der Waals surface area contributed by atoms with Gasteiger partial charge >= 0.3 is 0 Å². The van der Waals surface area contributed by atoms with Crippen LogP contribution in [0.1, 0.15) is 5.56 Å². The maximum absolute atomic E-state index is 5.99. The van der Waals surface area contributed by atoms with Gasteiger partial charge in [-0.3, -0.25) is 0 Å². The lowest BCUT2D eigenvalue weighted by Gasteiger charge is -2.04. The van der Waals surface area contributed by atoms with Crippen LogP contribution in [-0.4, -0.2) is 16.6 Å². The SMILES string of the molecule is Clc1nc(Cl)c2ccc3c(c2n1)CCO3. The predicted octanol–water partition coefficient (Wildman–Crippen LogP) is 2.87. The Kier molecular flexibility index (Phi) is 1.97. The van der Waals surface area contributed by atoms with E-state index in [0.29, 0.717) is 11.8 Å². The lowest BCUT2D eigenvalue weighted by atomic mass is 10.1. The van der Waals surface area contributed by atoms with E-state index in [1.165, 1.54) is 0 Å². The second-order valence-corrected chi connectivity index (χ2v) is 4.02. The van der Waals surface area contributed by atoms with Crippen LogP contribution in [0.3, 0.4) is 0 Å². The van der Waals surface area contributed by atoms with Gasteiger partial charge in [0.25, 0.3) is 0 Å². The van der Waals surface area contributed by atoms with Crippen LogP contribution in [0.15, 0.2) is 12.1 Å². The third kappa shape index (κ3) is 1.34. The maximum Gasteiger partial charge on any atom is 0.224 e. The van der Waals surface area contributed by atoms with E-state index in [2.05, 4.69) is 9.97 Å². The van der Waals surface area contributed by atoms with E-state index in [1.54, 1.807) is 0 Å². The molecule has 0 N–H and O–H groups in total. The summed E-state index contributed by atoms with van der Waals surface area (Å²) in [5, 5.41) is 1.39. The highest BCUT2D eigenvalue weighted by Crippen LogP contribution is 2.34. The van der Waals surface area contributed by atoms with Crippen LogP contribution in [0.2, 0.25) is 10.4 Å². The van der Waals surface area contributed by atoms with Crippen molar-refractivity contribution >= 4 is 34.1 Å². The predicted molar refractivity (Wildman–Crippen MR) is 58.8 cm³/mol. The number of ether oxygens (including phenoxy) is 1. The molecule has 1 aromatic carbocycles. The number of hydrogen-bond acceptors (Lipinski definition) is 3. The summed E-state index contributed by atoms with van der Waals surface area (Å²) in [4.78, 5) is 8.10. The average Bonchev–Trinajstić information content (AvgIpc) is 2.65. The Morgan fingerprint density at radius 3 is 2.93 bits per heavy atom. The van der Waals surface area contributed by atoms with Crippen LogP contribution in [-0.2, 0) is 6.42 Å². The highest BCUT2D eigenvalue weighted by atomic mass is 35.5. The third-order valence-electron chi connectivity index (χ3n) is 2.47. The van der Waals surface area contributed by atoms with Gasteiger partial charge in [-0.1, -0.05) is 11.6 Å². The van der Waals surface area contributed by atoms with Gasteiger partial charge in [0, 0.05) is 17.4 Å². The van der Waals surface area contributed by atoms with Crippen molar-refractivity contribution in [3.05, 3.63) is 28.1 Å². The van der Waals surface area contributed by atoms with E-state index in [0.717, 1.165) is 28.6 Å². The van der Waals surface area contributed by atoms with E-state index in [1.807, 2.05) is 12.1 Å². The number of rotatable bonds is 0. The minimum absolute atomic E-state index is 0.174. The Balaban J connectivity index is 2.44. The normalized spacial score (nSPS) is 14.0. The summed E-state index contributed by atoms with van der Waals surface area (Å²) in [6.45, 7) is 0.688. The molecule has 0 unspecified atom stereocenters. The molecule has 0 aliphatic carbocycles. The number of nitrogens with zero attached hydrogens (tertiary/aromatic N) is 2. The van der Waals surface area contributed by atoms with Gasteiger partial charge in [-0.15, -0.1) is 0 Å². The molecule has 1 aliphatic rings. The van der Waals surface area contributed by atoms with Gasteiger partial charge in [-0.05, 0) is 23.7 Å². The third-order valence-corrected chi connectivity index (χ3v) is 2.92. The first-order valence-corrected chi connectivity index (χ1v) is 5.29. The fraction of sp³-hybridized carbons (Fsp3) is 0.200. The lowest BCUT2D eigenvalue weighted by molar-refractivity contribution is 0.357. The van der Waals surface area contributed by atoms with Crippen molar-refractivity contribution in [2.75, 3.05) is 6.61 Å². The Morgan fingerprint density at radius 1 is 1.20 bits per heavy atom. The minimum atomic E-state index is 0.174. The summed E-state index contributed by atoms with van der Waals surface area (Å²) < 4.78 is 5.44. The molecule has 3 rings (SSSR count). The summed E-state index contributed by atoms with van der Waals surface area (Å²) in [7, 11) is 0. The molecule has 0 radical (unpaired) electrons. The molecule has 1 aromatic heterocycles. The molecule has 5 heteroatoms. The maximum atomic E-state index is 5.99. The summed E-state index contributed by atoms with van der Waals surface area (Å²) in [6.07, 6.45) is 0.844. The van der Waals surface area contributed by atoms with E-state index < -0.39 is 0 Å². The molecule has 2 aromatic rings. The van der Waals surface area contributed by atoms with Crippen molar-refractivity contribution in [3.63, 3.8) is 0 Å². The first kappa shape index (κ1) is 9.19. The summed E-state index contributed by atoms with van der Waals surface area (Å²) >= 11 is 11.8. The van der Waals surface area contributed by atoms with Crippen molar-refractivity contribution in [3.8, 4) is 5.75 Å². The van der Waals surface area contributed by atoms with E-state index in [4.69, 9.17) is 27.9 Å². The van der Waals surface area contributed by atoms with Gasteiger partial charge < -0.3 is 4.74 Å². The molecule has 2 heterocycles. The van der Waals surface area contributed by atoms with Crippen molar-refractivity contribution < 1.29 is 4.74 Å². The Bertz CT molecular complexity index is 557. The zero-order valence-electron chi connectivity index (χ0n) is 7.63. The highest BCUT2D eigenvalue weighted by Gasteiger charge is 2.18. The van der Waals surface area contributed by atoms with E-state index in [-0.39, 0.29) is 5.28 Å². The highest BCUT2D eigenvalue weighted by molar-refractivity contribution is 6.35. The fourth-order valence-corrected chi connectivity index (χ4v) is 2.26. The van der Waals surface area contributed by atoms with Crippen LogP contribution >= 0.6 is 23.2 Å². The number of aromatic nitrogens is 2. The largest absolute Gasteiger partial charge is 0.493 e. The molecule has 3 nitrogen and oxygen atoms in total. The Labute approximate surface area is 96.0 Å². The number of fused-ring (bicyclic) bond motifs is 3. The Morgan fingerprint density at radius 2 is 2.07 bits per heavy atom. The second-order valence-electron chi connectivity index (χ2n) is 3.32. The first-order valence-electron chi connectivity index (χ1n) is 4.53. The Hall–Kier alpha value is -1.06. The number of hydrogen-bond donors (Lipinski definition) is 0.